The molecule has 1 aromatic carbocycles. The van der Waals surface area contributed by atoms with Crippen LogP contribution in [0.1, 0.15) is 55.4 Å². The van der Waals surface area contributed by atoms with E-state index in [0.717, 1.165) is 0 Å². The molecule has 20 heavy (non-hydrogen) atoms. The molecule has 0 saturated heterocycles. The van der Waals surface area contributed by atoms with Crippen LogP contribution >= 0.6 is 0 Å². The predicted molar refractivity (Wildman–Crippen MR) is 91.7 cm³/mol. The first-order chi connectivity index (χ1) is 10.0. The van der Waals surface area contributed by atoms with Crippen LogP contribution < -0.4 is 0 Å². The van der Waals surface area contributed by atoms with Crippen molar-refractivity contribution in [1.29, 1.82) is 0 Å². The van der Waals surface area contributed by atoms with E-state index in [0.29, 0.717) is 0 Å². The Kier molecular flexibility index (Phi) is 58.0. The Morgan fingerprint density at radius 3 is 0.600 bits per heavy atom. The van der Waals surface area contributed by atoms with Gasteiger partial charge in [-0.2, -0.15) is 0 Å². The first-order valence-corrected chi connectivity index (χ1v) is 7.55. The van der Waals surface area contributed by atoms with Gasteiger partial charge in [0.2, 0.25) is 0 Å². The molecule has 1 aromatic heterocycles. The molecule has 0 amide bonds. The molecule has 3 nitrogen and oxygen atoms in total. The van der Waals surface area contributed by atoms with E-state index in [2.05, 4.69) is 15.0 Å². The van der Waals surface area contributed by atoms with Crippen molar-refractivity contribution in [2.45, 2.75) is 55.4 Å². The quantitative estimate of drug-likeness (QED) is 0.624. The van der Waals surface area contributed by atoms with Crippen LogP contribution in [0.4, 0.5) is 0 Å². The molecule has 1 heterocycles. The monoisotopic (exact) mass is 279 g/mol. The lowest BCUT2D eigenvalue weighted by Gasteiger charge is -1.69. The lowest BCUT2D eigenvalue weighted by Crippen LogP contribution is -1.73. The van der Waals surface area contributed by atoms with E-state index < -0.39 is 0 Å². The molecule has 0 bridgehead atoms. The van der Waals surface area contributed by atoms with Gasteiger partial charge in [-0.25, -0.2) is 15.0 Å². The van der Waals surface area contributed by atoms with Gasteiger partial charge in [-0.1, -0.05) is 91.8 Å². The summed E-state index contributed by atoms with van der Waals surface area (Å²) in [5.41, 5.74) is 0. The molecule has 0 spiro atoms. The molecule has 0 radical (unpaired) electrons. The average molecular weight is 279 g/mol. The van der Waals surface area contributed by atoms with Crippen molar-refractivity contribution in [1.82, 2.24) is 15.0 Å². The van der Waals surface area contributed by atoms with E-state index in [-0.39, 0.29) is 0 Å². The zero-order chi connectivity index (χ0) is 16.5. The van der Waals surface area contributed by atoms with Crippen molar-refractivity contribution in [3.05, 3.63) is 55.4 Å². The molecular weight excluding hydrogens is 246 g/mol. The van der Waals surface area contributed by atoms with Crippen molar-refractivity contribution < 1.29 is 0 Å². The number of nitrogens with zero attached hydrogens (tertiary/aromatic N) is 3. The molecule has 2 aromatic rings. The molecule has 3 heteroatoms. The summed E-state index contributed by atoms with van der Waals surface area (Å²) >= 11 is 0. The first kappa shape index (κ1) is 26.7. The highest BCUT2D eigenvalue weighted by Crippen LogP contribution is 1.79. The van der Waals surface area contributed by atoms with Crippen molar-refractivity contribution in [3.63, 3.8) is 0 Å². The number of rotatable bonds is 0. The second-order valence-electron chi connectivity index (χ2n) is 1.95. The van der Waals surface area contributed by atoms with Crippen LogP contribution in [0.2, 0.25) is 0 Å². The third-order valence-corrected chi connectivity index (χ3v) is 1.07. The Hall–Kier alpha value is -1.77. The smallest absolute Gasteiger partial charge is 0.119 e. The molecule has 0 atom stereocenters. The second-order valence-corrected chi connectivity index (χ2v) is 1.95. The number of aromatic nitrogens is 3. The molecule has 0 fully saturated rings. The highest BCUT2D eigenvalue weighted by atomic mass is 14.9. The summed E-state index contributed by atoms with van der Waals surface area (Å²) in [6, 6.07) is 12.0. The number of hydrogen-bond acceptors (Lipinski definition) is 3. The Balaban J connectivity index is -0.0000000863. The maximum absolute atomic E-state index is 3.56. The maximum atomic E-state index is 3.56. The largest absolute Gasteiger partial charge is 0.225 e. The fourth-order valence-corrected chi connectivity index (χ4v) is 0.590. The Morgan fingerprint density at radius 2 is 0.500 bits per heavy atom. The lowest BCUT2D eigenvalue weighted by atomic mass is 10.4. The topological polar surface area (TPSA) is 38.7 Å². The number of hydrogen-bond donors (Lipinski definition) is 0. The van der Waals surface area contributed by atoms with Crippen LogP contribution in [0.3, 0.4) is 0 Å². The summed E-state index contributed by atoms with van der Waals surface area (Å²) in [7, 11) is 0. The molecule has 0 aliphatic heterocycles. The SMILES string of the molecule is CC.CC.CC.CC.c1ccccc1.c1ncncn1. The minimum atomic E-state index is 1.44. The van der Waals surface area contributed by atoms with Crippen LogP contribution in [-0.2, 0) is 0 Å². The molecule has 0 unspecified atom stereocenters. The standard InChI is InChI=1S/C6H6.C3H3N3.4C2H6/c1-2-4-6-5-3-1;1-4-2-6-3-5-1;4*1-2/h1-6H;1-3H;4*1-2H3. The van der Waals surface area contributed by atoms with E-state index in [4.69, 9.17) is 0 Å². The van der Waals surface area contributed by atoms with Crippen LogP contribution in [-0.4, -0.2) is 15.0 Å². The highest BCUT2D eigenvalue weighted by Gasteiger charge is 1.59. The summed E-state index contributed by atoms with van der Waals surface area (Å²) < 4.78 is 0. The average Bonchev–Trinajstić information content (AvgIpc) is 2.65. The molecule has 0 aliphatic rings. The van der Waals surface area contributed by atoms with E-state index >= 15 is 0 Å². The fraction of sp³-hybridized carbons (Fsp3) is 0.471. The highest BCUT2D eigenvalue weighted by molar-refractivity contribution is 4.99. The Bertz CT molecular complexity index is 188. The summed E-state index contributed by atoms with van der Waals surface area (Å²) in [5, 5.41) is 0. The number of benzene rings is 1. The van der Waals surface area contributed by atoms with Gasteiger partial charge in [0, 0.05) is 0 Å². The summed E-state index contributed by atoms with van der Waals surface area (Å²) in [6.07, 6.45) is 4.31. The van der Waals surface area contributed by atoms with Crippen LogP contribution in [0, 0.1) is 0 Å². The normalized spacial score (nSPS) is 6.00. The van der Waals surface area contributed by atoms with E-state index in [1.165, 1.54) is 19.0 Å². The summed E-state index contributed by atoms with van der Waals surface area (Å²) in [6.45, 7) is 16.0. The summed E-state index contributed by atoms with van der Waals surface area (Å²) in [5.74, 6) is 0. The van der Waals surface area contributed by atoms with Gasteiger partial charge in [0.1, 0.15) is 19.0 Å². The van der Waals surface area contributed by atoms with Crippen LogP contribution in [0.5, 0.6) is 0 Å². The minimum absolute atomic E-state index is 1.44. The van der Waals surface area contributed by atoms with Gasteiger partial charge < -0.3 is 0 Å². The van der Waals surface area contributed by atoms with Crippen LogP contribution in [0.25, 0.3) is 0 Å². The molecule has 0 saturated carbocycles. The van der Waals surface area contributed by atoms with Gasteiger partial charge in [-0.05, 0) is 0 Å². The third-order valence-electron chi connectivity index (χ3n) is 1.07. The van der Waals surface area contributed by atoms with Crippen molar-refractivity contribution >= 4 is 0 Å². The van der Waals surface area contributed by atoms with Crippen LogP contribution in [0.15, 0.2) is 55.4 Å². The Labute approximate surface area is 126 Å². The zero-order valence-corrected chi connectivity index (χ0v) is 14.5. The van der Waals surface area contributed by atoms with E-state index in [9.17, 15) is 0 Å². The summed E-state index contributed by atoms with van der Waals surface area (Å²) in [4.78, 5) is 10.7. The van der Waals surface area contributed by atoms with E-state index in [1.54, 1.807) is 0 Å². The predicted octanol–water partition coefficient (Wildman–Crippen LogP) is 5.66. The molecule has 2 rings (SSSR count). The van der Waals surface area contributed by atoms with Gasteiger partial charge in [0.25, 0.3) is 0 Å². The van der Waals surface area contributed by atoms with Crippen molar-refractivity contribution in [2.75, 3.05) is 0 Å². The molecule has 0 N–H and O–H groups in total. The Morgan fingerprint density at radius 1 is 0.350 bits per heavy atom. The van der Waals surface area contributed by atoms with Gasteiger partial charge in [0.15, 0.2) is 0 Å². The second kappa shape index (κ2) is 43.4. The van der Waals surface area contributed by atoms with Crippen molar-refractivity contribution in [2.24, 2.45) is 0 Å². The van der Waals surface area contributed by atoms with Gasteiger partial charge in [0.05, 0.1) is 0 Å². The maximum Gasteiger partial charge on any atom is 0.119 e. The first-order valence-electron chi connectivity index (χ1n) is 7.55. The molecule has 116 valence electrons. The minimum Gasteiger partial charge on any atom is -0.225 e. The van der Waals surface area contributed by atoms with Gasteiger partial charge in [-0.15, -0.1) is 0 Å². The fourth-order valence-electron chi connectivity index (χ4n) is 0.590. The third kappa shape index (κ3) is 36.0. The molecule has 0 aliphatic carbocycles. The van der Waals surface area contributed by atoms with Gasteiger partial charge >= 0.3 is 0 Å². The van der Waals surface area contributed by atoms with E-state index in [1.807, 2.05) is 91.8 Å². The molecular formula is C17H33N3. The van der Waals surface area contributed by atoms with Gasteiger partial charge in [-0.3, -0.25) is 0 Å². The van der Waals surface area contributed by atoms with Crippen molar-refractivity contribution in [3.8, 4) is 0 Å². The zero-order valence-electron chi connectivity index (χ0n) is 14.5. The lowest BCUT2D eigenvalue weighted by molar-refractivity contribution is 1.05.